The van der Waals surface area contributed by atoms with E-state index in [-0.39, 0.29) is 56.4 Å². The molecule has 0 saturated carbocycles. The number of ether oxygens (including phenoxy) is 1. The molecule has 1 atom stereocenters. The minimum absolute atomic E-state index is 0.0104. The molecule has 0 spiro atoms. The maximum Gasteiger partial charge on any atom is 0.420 e. The Morgan fingerprint density at radius 3 is 2.56 bits per heavy atom. The lowest BCUT2D eigenvalue weighted by Gasteiger charge is -2.37. The van der Waals surface area contributed by atoms with Crippen LogP contribution in [0.1, 0.15) is 56.1 Å². The molecular weight excluding hydrogens is 642 g/mol. The first-order chi connectivity index (χ1) is 24.3. The van der Waals surface area contributed by atoms with Gasteiger partial charge in [0.05, 0.1) is 30.7 Å². The van der Waals surface area contributed by atoms with Gasteiger partial charge in [-0.05, 0) is 49.1 Å². The van der Waals surface area contributed by atoms with Crippen LogP contribution in [0.2, 0.25) is 0 Å². The zero-order valence-corrected chi connectivity index (χ0v) is 28.4. The third kappa shape index (κ3) is 7.43. The molecule has 6 rings (SSSR count). The first-order valence-electron chi connectivity index (χ1n) is 17.2. The van der Waals surface area contributed by atoms with Crippen molar-refractivity contribution in [1.82, 2.24) is 34.6 Å². The second-order valence-corrected chi connectivity index (χ2v) is 12.6. The summed E-state index contributed by atoms with van der Waals surface area (Å²) in [5.74, 6) is -1.22. The van der Waals surface area contributed by atoms with Crippen LogP contribution in [0, 0.1) is 5.92 Å². The Balaban J connectivity index is 1.24. The third-order valence-electron chi connectivity index (χ3n) is 9.41. The Kier molecular flexibility index (Phi) is 10.6. The number of oxazole rings is 1. The fraction of sp³-hybridized carbons (Fsp3) is 0.444. The predicted molar refractivity (Wildman–Crippen MR) is 183 cm³/mol. The minimum Gasteiger partial charge on any atom is -0.494 e. The summed E-state index contributed by atoms with van der Waals surface area (Å²) < 4.78 is 14.4. The normalized spacial score (nSPS) is 17.6. The van der Waals surface area contributed by atoms with Gasteiger partial charge >= 0.3 is 5.76 Å². The Morgan fingerprint density at radius 2 is 1.74 bits per heavy atom. The van der Waals surface area contributed by atoms with Gasteiger partial charge in [-0.1, -0.05) is 38.1 Å². The Labute approximate surface area is 289 Å². The lowest BCUT2D eigenvalue weighted by atomic mass is 9.92. The summed E-state index contributed by atoms with van der Waals surface area (Å²) in [5, 5.41) is 5.70. The molecule has 2 N–H and O–H groups in total. The molecule has 0 aliphatic carbocycles. The number of benzene rings is 2. The molecule has 2 aromatic carbocycles. The summed E-state index contributed by atoms with van der Waals surface area (Å²) in [4.78, 5) is 74.0. The van der Waals surface area contributed by atoms with Gasteiger partial charge in [-0.3, -0.25) is 23.7 Å². The lowest BCUT2D eigenvalue weighted by Crippen LogP contribution is -2.46. The first kappa shape index (κ1) is 34.5. The lowest BCUT2D eigenvalue weighted by molar-refractivity contribution is -0.138. The van der Waals surface area contributed by atoms with Crippen LogP contribution in [-0.2, 0) is 38.7 Å². The molecule has 50 heavy (non-hydrogen) atoms. The van der Waals surface area contributed by atoms with Gasteiger partial charge in [0.25, 0.3) is 0 Å². The van der Waals surface area contributed by atoms with Crippen LogP contribution in [0.25, 0.3) is 11.1 Å². The highest BCUT2D eigenvalue weighted by Crippen LogP contribution is 2.37. The highest BCUT2D eigenvalue weighted by atomic mass is 16.5. The monoisotopic (exact) mass is 685 g/mol. The zero-order valence-electron chi connectivity index (χ0n) is 28.4. The second-order valence-electron chi connectivity index (χ2n) is 12.6. The topological polar surface area (TPSA) is 161 Å². The number of rotatable bonds is 5. The van der Waals surface area contributed by atoms with Gasteiger partial charge in [0.15, 0.2) is 5.58 Å². The number of hydrogen-bond donors (Lipinski definition) is 2. The number of hydrogen-bond acceptors (Lipinski definition) is 8. The molecule has 2 aromatic heterocycles. The molecule has 1 unspecified atom stereocenters. The fourth-order valence-corrected chi connectivity index (χ4v) is 6.74. The number of para-hydroxylation sites is 2. The van der Waals surface area contributed by atoms with E-state index >= 15 is 0 Å². The summed E-state index contributed by atoms with van der Waals surface area (Å²) >= 11 is 0. The highest BCUT2D eigenvalue weighted by Gasteiger charge is 2.37. The Hall–Kier alpha value is -5.40. The van der Waals surface area contributed by atoms with E-state index in [1.54, 1.807) is 30.6 Å². The quantitative estimate of drug-likeness (QED) is 0.324. The first-order valence-corrected chi connectivity index (χ1v) is 17.2. The van der Waals surface area contributed by atoms with Crippen LogP contribution in [0.3, 0.4) is 0 Å². The molecule has 0 fully saturated rings. The Morgan fingerprint density at radius 1 is 0.960 bits per heavy atom. The standard InChI is InChI=1S/C36H43N7O7/c1-3-24(4-2)35(47)42-16-13-28-33-34(42)25-9-7-10-26(19-25)49-18-8-14-37-30(44)20-40(17-15-38-31(45)21-41(28)23-39-33)32(46)22-43-27-11-5-6-12-29(27)50-36(43)48/h5-7,9-12,19,23-24,34H,3-4,8,13-18,20-22H2,1-2H3,(H,37,44)(H,38,45). The fourth-order valence-electron chi connectivity index (χ4n) is 6.74. The summed E-state index contributed by atoms with van der Waals surface area (Å²) in [6.45, 7) is 4.69. The van der Waals surface area contributed by atoms with Crippen LogP contribution in [-0.4, -0.2) is 86.9 Å². The highest BCUT2D eigenvalue weighted by molar-refractivity contribution is 5.86. The number of carbonyl (C=O) groups is 4. The van der Waals surface area contributed by atoms with E-state index in [2.05, 4.69) is 10.6 Å². The van der Waals surface area contributed by atoms with Gasteiger partial charge in [0.2, 0.25) is 23.6 Å². The maximum atomic E-state index is 13.8. The molecule has 2 aliphatic heterocycles. The van der Waals surface area contributed by atoms with Crippen molar-refractivity contribution in [3.8, 4) is 5.75 Å². The summed E-state index contributed by atoms with van der Waals surface area (Å²) in [5.41, 5.74) is 3.31. The van der Waals surface area contributed by atoms with E-state index in [1.807, 2.05) is 47.6 Å². The largest absolute Gasteiger partial charge is 0.494 e. The second kappa shape index (κ2) is 15.4. The molecule has 0 radical (unpaired) electrons. The van der Waals surface area contributed by atoms with Crippen LogP contribution < -0.4 is 21.1 Å². The average molecular weight is 686 g/mol. The van der Waals surface area contributed by atoms with E-state index in [0.717, 1.165) is 29.8 Å². The van der Waals surface area contributed by atoms with E-state index < -0.39 is 17.7 Å². The number of carbonyl (C=O) groups excluding carboxylic acids is 4. The minimum atomic E-state index is -0.676. The molecule has 14 heteroatoms. The van der Waals surface area contributed by atoms with Crippen LogP contribution in [0.15, 0.2) is 64.1 Å². The van der Waals surface area contributed by atoms with Crippen molar-refractivity contribution < 1.29 is 28.3 Å². The van der Waals surface area contributed by atoms with Crippen LogP contribution in [0.5, 0.6) is 5.75 Å². The van der Waals surface area contributed by atoms with Crippen molar-refractivity contribution in [3.63, 3.8) is 0 Å². The molecule has 0 saturated heterocycles. The van der Waals surface area contributed by atoms with Gasteiger partial charge in [-0.25, -0.2) is 9.78 Å². The molecule has 2 aliphatic rings. The summed E-state index contributed by atoms with van der Waals surface area (Å²) in [6, 6.07) is 14.0. The number of fused-ring (bicyclic) bond motifs is 4. The van der Waals surface area contributed by atoms with E-state index in [1.165, 1.54) is 9.47 Å². The number of nitrogens with one attached hydrogen (secondary N) is 2. The van der Waals surface area contributed by atoms with Gasteiger partial charge in [0, 0.05) is 44.2 Å². The van der Waals surface area contributed by atoms with Crippen molar-refractivity contribution in [2.45, 2.75) is 58.7 Å². The zero-order chi connectivity index (χ0) is 35.2. The number of nitrogens with zero attached hydrogens (tertiary/aromatic N) is 5. The molecule has 6 bridgehead atoms. The molecule has 4 aromatic rings. The van der Waals surface area contributed by atoms with Crippen LogP contribution >= 0.6 is 0 Å². The van der Waals surface area contributed by atoms with Gasteiger partial charge in [-0.15, -0.1) is 0 Å². The van der Waals surface area contributed by atoms with Crippen molar-refractivity contribution in [1.29, 1.82) is 0 Å². The predicted octanol–water partition coefficient (Wildman–Crippen LogP) is 2.25. The van der Waals surface area contributed by atoms with Crippen molar-refractivity contribution in [2.24, 2.45) is 5.92 Å². The summed E-state index contributed by atoms with van der Waals surface area (Å²) in [7, 11) is 0. The van der Waals surface area contributed by atoms with Crippen molar-refractivity contribution >= 4 is 34.7 Å². The van der Waals surface area contributed by atoms with Crippen molar-refractivity contribution in [3.05, 3.63) is 82.4 Å². The number of imidazole rings is 1. The Bertz CT molecular complexity index is 1920. The number of aromatic nitrogens is 3. The van der Waals surface area contributed by atoms with Crippen molar-refractivity contribution in [2.75, 3.05) is 39.3 Å². The molecule has 4 heterocycles. The van der Waals surface area contributed by atoms with Gasteiger partial charge in [0.1, 0.15) is 24.9 Å². The van der Waals surface area contributed by atoms with Gasteiger partial charge in [-0.2, -0.15) is 0 Å². The molecule has 264 valence electrons. The molecular formula is C36H43N7O7. The average Bonchev–Trinajstić information content (AvgIpc) is 3.66. The smallest absolute Gasteiger partial charge is 0.420 e. The van der Waals surface area contributed by atoms with E-state index in [9.17, 15) is 24.0 Å². The van der Waals surface area contributed by atoms with Crippen LogP contribution in [0.4, 0.5) is 0 Å². The van der Waals surface area contributed by atoms with E-state index in [0.29, 0.717) is 49.4 Å². The SMILES string of the molecule is CCC(CC)C(=O)N1CCc2c3ncn2CC(=O)NCCN(C(=O)Cn2c(=O)oc4ccccc42)CC(=O)NCCCOc2cccc(c2)C31. The maximum absolute atomic E-state index is 13.8. The molecule has 14 nitrogen and oxygen atoms in total. The van der Waals surface area contributed by atoms with E-state index in [4.69, 9.17) is 14.1 Å². The third-order valence-corrected chi connectivity index (χ3v) is 9.41. The number of amides is 4. The van der Waals surface area contributed by atoms with Gasteiger partial charge < -0.3 is 34.2 Å². The summed E-state index contributed by atoms with van der Waals surface area (Å²) in [6.07, 6.45) is 4.16. The molecule has 4 amide bonds.